The predicted molar refractivity (Wildman–Crippen MR) is 179 cm³/mol. The molecule has 3 fully saturated rings. The van der Waals surface area contributed by atoms with Crippen molar-refractivity contribution in [3.05, 3.63) is 68.6 Å². The smallest absolute Gasteiger partial charge is 0.416 e. The van der Waals surface area contributed by atoms with Crippen LogP contribution in [0.1, 0.15) is 47.2 Å². The van der Waals surface area contributed by atoms with E-state index in [1.165, 1.54) is 6.33 Å². The van der Waals surface area contributed by atoms with Gasteiger partial charge in [0.05, 0.1) is 28.2 Å². The summed E-state index contributed by atoms with van der Waals surface area (Å²) in [6.07, 6.45) is 0.835. The molecule has 262 valence electrons. The molecular weight excluding hydrogens is 679 g/mol. The number of halogens is 4. The van der Waals surface area contributed by atoms with Crippen LogP contribution in [0.3, 0.4) is 0 Å². The van der Waals surface area contributed by atoms with Crippen molar-refractivity contribution < 1.29 is 27.9 Å². The molecule has 0 radical (unpaired) electrons. The molecule has 0 unspecified atom stereocenters. The van der Waals surface area contributed by atoms with Crippen LogP contribution in [-0.2, 0) is 23.9 Å². The molecule has 13 nitrogen and oxygen atoms in total. The van der Waals surface area contributed by atoms with Crippen molar-refractivity contribution in [1.82, 2.24) is 29.4 Å². The molecule has 1 aromatic carbocycles. The van der Waals surface area contributed by atoms with Crippen LogP contribution in [-0.4, -0.2) is 85.6 Å². The summed E-state index contributed by atoms with van der Waals surface area (Å²) in [5.74, 6) is -0.788. The number of anilines is 3. The van der Waals surface area contributed by atoms with Gasteiger partial charge in [-0.3, -0.25) is 14.4 Å². The molecule has 1 aliphatic carbocycles. The highest BCUT2D eigenvalue weighted by Crippen LogP contribution is 2.53. The molecule has 17 heteroatoms. The van der Waals surface area contributed by atoms with Crippen LogP contribution < -0.4 is 20.5 Å². The quantitative estimate of drug-likeness (QED) is 0.288. The highest BCUT2D eigenvalue weighted by molar-refractivity contribution is 6.33. The Morgan fingerprint density at radius 1 is 1.06 bits per heavy atom. The van der Waals surface area contributed by atoms with E-state index >= 15 is 0 Å². The van der Waals surface area contributed by atoms with Gasteiger partial charge in [0, 0.05) is 50.4 Å². The monoisotopic (exact) mass is 711 g/mol. The molecule has 2 aliphatic heterocycles. The van der Waals surface area contributed by atoms with Crippen LogP contribution in [0.2, 0.25) is 5.02 Å². The SMILES string of the molecule is CCc1c(N2CCN(C(=O)c3ncnc(C)c3O)CC2)c(=O)c2nc(N3CC4(CC4)C3)cnc2n1CC(=O)Nc1ccc(C(F)(F)F)cc1Cl. The Bertz CT molecular complexity index is 2090. The van der Waals surface area contributed by atoms with E-state index in [1.54, 1.807) is 22.6 Å². The average Bonchev–Trinajstić information content (AvgIpc) is 3.88. The maximum absolute atomic E-state index is 14.3. The van der Waals surface area contributed by atoms with Gasteiger partial charge in [-0.25, -0.2) is 19.9 Å². The number of hydrogen-bond donors (Lipinski definition) is 2. The molecule has 3 aliphatic rings. The number of hydrogen-bond acceptors (Lipinski definition) is 10. The number of aromatic hydroxyl groups is 1. The number of alkyl halides is 3. The number of carbonyl (C=O) groups is 2. The Labute approximate surface area is 288 Å². The lowest BCUT2D eigenvalue weighted by Gasteiger charge is -2.40. The van der Waals surface area contributed by atoms with Crippen LogP contribution in [0.5, 0.6) is 5.75 Å². The Kier molecular flexibility index (Phi) is 8.31. The van der Waals surface area contributed by atoms with Crippen LogP contribution >= 0.6 is 11.6 Å². The van der Waals surface area contributed by atoms with E-state index in [9.17, 15) is 32.7 Å². The third-order valence-electron chi connectivity index (χ3n) is 9.66. The second kappa shape index (κ2) is 12.4. The highest BCUT2D eigenvalue weighted by Gasteiger charge is 2.52. The molecule has 2 N–H and O–H groups in total. The maximum Gasteiger partial charge on any atom is 0.416 e. The predicted octanol–water partition coefficient (Wildman–Crippen LogP) is 4.03. The molecule has 4 aromatic rings. The standard InChI is InChI=1S/C33H33ClF3N9O4/c1-3-22-27(43-8-10-44(11-9-43)31(50)26-28(48)18(2)39-17-40-26)29(49)25-30(38-13-23(42-25)45-15-32(16-45)6-7-32)46(22)14-24(47)41-21-5-4-19(12-20(21)34)33(35,36)37/h4-5,12-13,17,48H,3,6-11,14-16H2,1-2H3,(H,41,47). The fraction of sp³-hybridized carbons (Fsp3) is 0.424. The minimum Gasteiger partial charge on any atom is -0.504 e. The summed E-state index contributed by atoms with van der Waals surface area (Å²) < 4.78 is 41.2. The number of amides is 2. The number of aromatic nitrogens is 5. The first-order chi connectivity index (χ1) is 23.8. The molecule has 2 amide bonds. The second-order valence-corrected chi connectivity index (χ2v) is 13.4. The van der Waals surface area contributed by atoms with Gasteiger partial charge in [-0.2, -0.15) is 13.2 Å². The first-order valence-electron chi connectivity index (χ1n) is 16.2. The molecular formula is C33H33ClF3N9O4. The Morgan fingerprint density at radius 3 is 2.42 bits per heavy atom. The topological polar surface area (TPSA) is 150 Å². The van der Waals surface area contributed by atoms with Crippen LogP contribution in [0.25, 0.3) is 11.2 Å². The number of aryl methyl sites for hydroxylation is 1. The minimum absolute atomic E-state index is 0.000783. The van der Waals surface area contributed by atoms with E-state index in [0.29, 0.717) is 29.0 Å². The van der Waals surface area contributed by atoms with Gasteiger partial charge in [0.15, 0.2) is 22.6 Å². The fourth-order valence-electron chi connectivity index (χ4n) is 6.68. The molecule has 1 saturated carbocycles. The molecule has 1 spiro atoms. The fourth-order valence-corrected chi connectivity index (χ4v) is 6.91. The molecule has 5 heterocycles. The van der Waals surface area contributed by atoms with Gasteiger partial charge in [-0.05, 0) is 44.4 Å². The van der Waals surface area contributed by atoms with E-state index in [-0.39, 0.29) is 77.2 Å². The average molecular weight is 712 g/mol. The minimum atomic E-state index is -4.60. The molecule has 7 rings (SSSR count). The number of carbonyl (C=O) groups excluding carboxylic acids is 2. The van der Waals surface area contributed by atoms with E-state index in [4.69, 9.17) is 16.6 Å². The number of pyridine rings is 1. The van der Waals surface area contributed by atoms with Crippen LogP contribution in [0, 0.1) is 12.3 Å². The van der Waals surface area contributed by atoms with Gasteiger partial charge in [-0.1, -0.05) is 18.5 Å². The first-order valence-corrected chi connectivity index (χ1v) is 16.5. The molecule has 0 bridgehead atoms. The number of benzene rings is 1. The lowest BCUT2D eigenvalue weighted by Crippen LogP contribution is -2.50. The van der Waals surface area contributed by atoms with Crippen LogP contribution in [0.4, 0.5) is 30.4 Å². The molecule has 50 heavy (non-hydrogen) atoms. The number of rotatable bonds is 7. The number of nitrogens with one attached hydrogen (secondary N) is 1. The Morgan fingerprint density at radius 2 is 1.78 bits per heavy atom. The number of piperazine rings is 1. The number of fused-ring (bicyclic) bond motifs is 1. The Hall–Kier alpha value is -4.99. The summed E-state index contributed by atoms with van der Waals surface area (Å²) in [4.78, 5) is 63.8. The van der Waals surface area contributed by atoms with Crippen LogP contribution in [0.15, 0.2) is 35.5 Å². The van der Waals surface area contributed by atoms with Crippen molar-refractivity contribution in [2.24, 2.45) is 5.41 Å². The summed E-state index contributed by atoms with van der Waals surface area (Å²) in [5, 5.41) is 12.7. The summed E-state index contributed by atoms with van der Waals surface area (Å²) >= 11 is 6.12. The van der Waals surface area contributed by atoms with Crippen molar-refractivity contribution in [2.75, 3.05) is 54.4 Å². The summed E-state index contributed by atoms with van der Waals surface area (Å²) in [7, 11) is 0. The summed E-state index contributed by atoms with van der Waals surface area (Å²) in [6, 6.07) is 2.67. The van der Waals surface area contributed by atoms with E-state index in [0.717, 1.165) is 44.1 Å². The van der Waals surface area contributed by atoms with Gasteiger partial charge in [0.1, 0.15) is 24.4 Å². The van der Waals surface area contributed by atoms with Crippen molar-refractivity contribution in [1.29, 1.82) is 0 Å². The normalized spacial score (nSPS) is 16.9. The lowest BCUT2D eigenvalue weighted by atomic mass is 9.97. The van der Waals surface area contributed by atoms with E-state index < -0.39 is 23.6 Å². The number of nitrogens with zero attached hydrogens (tertiary/aromatic N) is 8. The zero-order valence-electron chi connectivity index (χ0n) is 27.2. The van der Waals surface area contributed by atoms with Gasteiger partial charge in [0.25, 0.3) is 5.91 Å². The van der Waals surface area contributed by atoms with Gasteiger partial charge >= 0.3 is 6.18 Å². The summed E-state index contributed by atoms with van der Waals surface area (Å²) in [6.45, 7) is 5.69. The van der Waals surface area contributed by atoms with Crippen molar-refractivity contribution in [2.45, 2.75) is 45.8 Å². The van der Waals surface area contributed by atoms with Crippen molar-refractivity contribution in [3.8, 4) is 5.75 Å². The van der Waals surface area contributed by atoms with E-state index in [2.05, 4.69) is 25.2 Å². The second-order valence-electron chi connectivity index (χ2n) is 13.0. The molecule has 3 aromatic heterocycles. The Balaban J connectivity index is 1.22. The zero-order valence-corrected chi connectivity index (χ0v) is 28.0. The third kappa shape index (κ3) is 6.05. The van der Waals surface area contributed by atoms with Crippen molar-refractivity contribution in [3.63, 3.8) is 0 Å². The summed E-state index contributed by atoms with van der Waals surface area (Å²) in [5.41, 5.74) is 0.282. The first kappa shape index (κ1) is 33.5. The molecule has 0 atom stereocenters. The highest BCUT2D eigenvalue weighted by atomic mass is 35.5. The molecule has 2 saturated heterocycles. The van der Waals surface area contributed by atoms with Crippen molar-refractivity contribution >= 4 is 51.8 Å². The lowest BCUT2D eigenvalue weighted by molar-refractivity contribution is -0.137. The third-order valence-corrected chi connectivity index (χ3v) is 9.97. The van der Waals surface area contributed by atoms with Gasteiger partial charge in [0.2, 0.25) is 11.3 Å². The van der Waals surface area contributed by atoms with Gasteiger partial charge in [-0.15, -0.1) is 0 Å². The van der Waals surface area contributed by atoms with E-state index in [1.807, 2.05) is 11.8 Å². The zero-order chi connectivity index (χ0) is 35.5. The maximum atomic E-state index is 14.3. The van der Waals surface area contributed by atoms with Gasteiger partial charge < -0.3 is 29.7 Å². The largest absolute Gasteiger partial charge is 0.504 e.